The van der Waals surface area contributed by atoms with E-state index in [0.29, 0.717) is 53.6 Å². The lowest BCUT2D eigenvalue weighted by atomic mass is 9.74. The number of pyridine rings is 2. The number of alkyl halides is 3. The zero-order chi connectivity index (χ0) is 26.9. The highest BCUT2D eigenvalue weighted by atomic mass is 19.4. The second-order valence-electron chi connectivity index (χ2n) is 9.50. The first-order valence-corrected chi connectivity index (χ1v) is 12.1. The average Bonchev–Trinajstić information content (AvgIpc) is 2.85. The summed E-state index contributed by atoms with van der Waals surface area (Å²) >= 11 is 0. The van der Waals surface area contributed by atoms with Crippen LogP contribution in [-0.2, 0) is 12.7 Å². The van der Waals surface area contributed by atoms with Gasteiger partial charge in [0.15, 0.2) is 5.65 Å². The number of fused-ring (bicyclic) bond motifs is 1. The van der Waals surface area contributed by atoms with Crippen molar-refractivity contribution in [3.63, 3.8) is 0 Å². The molecule has 1 saturated carbocycles. The average molecular weight is 513 g/mol. The second-order valence-corrected chi connectivity index (χ2v) is 9.50. The predicted octanol–water partition coefficient (Wildman–Crippen LogP) is 6.82. The number of allylic oxidation sites excluding steroid dienone is 4. The molecule has 0 amide bonds. The van der Waals surface area contributed by atoms with Gasteiger partial charge in [-0.25, -0.2) is 9.37 Å². The smallest absolute Gasteiger partial charge is 0.285 e. The van der Waals surface area contributed by atoms with E-state index in [1.54, 1.807) is 26.1 Å². The van der Waals surface area contributed by atoms with Gasteiger partial charge in [0.05, 0.1) is 23.5 Å². The summed E-state index contributed by atoms with van der Waals surface area (Å²) in [6.45, 7) is 10.5. The number of halogens is 4. The zero-order valence-corrected chi connectivity index (χ0v) is 20.8. The molecule has 0 aromatic carbocycles. The molecular weight excluding hydrogens is 484 g/mol. The molecule has 0 atom stereocenters. The van der Waals surface area contributed by atoms with E-state index in [1.807, 2.05) is 0 Å². The van der Waals surface area contributed by atoms with E-state index in [4.69, 9.17) is 0 Å². The van der Waals surface area contributed by atoms with Crippen molar-refractivity contribution in [3.05, 3.63) is 99.7 Å². The van der Waals surface area contributed by atoms with Crippen molar-refractivity contribution in [1.82, 2.24) is 19.5 Å². The lowest BCUT2D eigenvalue weighted by Crippen LogP contribution is -2.30. The Labute approximate surface area is 212 Å². The Balaban J connectivity index is 1.75. The maximum atomic E-state index is 14.4. The van der Waals surface area contributed by atoms with Gasteiger partial charge in [-0.3, -0.25) is 19.3 Å². The Bertz CT molecular complexity index is 1450. The van der Waals surface area contributed by atoms with Crippen molar-refractivity contribution in [2.24, 2.45) is 5.92 Å². The minimum absolute atomic E-state index is 0.0419. The summed E-state index contributed by atoms with van der Waals surface area (Å²) < 4.78 is 56.6. The first-order chi connectivity index (χ1) is 17.5. The highest BCUT2D eigenvalue weighted by Crippen LogP contribution is 2.41. The van der Waals surface area contributed by atoms with Crippen molar-refractivity contribution < 1.29 is 17.6 Å². The van der Waals surface area contributed by atoms with Gasteiger partial charge in [-0.2, -0.15) is 13.2 Å². The van der Waals surface area contributed by atoms with Crippen LogP contribution in [0.2, 0.25) is 0 Å². The molecule has 3 heterocycles. The summed E-state index contributed by atoms with van der Waals surface area (Å²) in [5.74, 6) is -0.572. The van der Waals surface area contributed by atoms with Crippen LogP contribution in [0.4, 0.5) is 17.6 Å². The van der Waals surface area contributed by atoms with Crippen LogP contribution in [0, 0.1) is 12.8 Å². The molecule has 9 heteroatoms. The van der Waals surface area contributed by atoms with Gasteiger partial charge in [0, 0.05) is 18.0 Å². The van der Waals surface area contributed by atoms with Gasteiger partial charge in [0.25, 0.3) is 5.56 Å². The van der Waals surface area contributed by atoms with Crippen molar-refractivity contribution in [3.8, 4) is 0 Å². The van der Waals surface area contributed by atoms with Gasteiger partial charge in [-0.05, 0) is 81.2 Å². The van der Waals surface area contributed by atoms with E-state index in [0.717, 1.165) is 6.07 Å². The molecule has 3 aromatic heterocycles. The Morgan fingerprint density at radius 1 is 1.22 bits per heavy atom. The van der Waals surface area contributed by atoms with Gasteiger partial charge in [-0.1, -0.05) is 18.7 Å². The van der Waals surface area contributed by atoms with Crippen LogP contribution in [0.3, 0.4) is 0 Å². The second kappa shape index (κ2) is 10.4. The third kappa shape index (κ3) is 5.40. The predicted molar refractivity (Wildman–Crippen MR) is 135 cm³/mol. The minimum Gasteiger partial charge on any atom is -0.285 e. The standard InChI is InChI=1S/C28H28F4N4O/c1-5-22(29)25(16(2)3)19-10-8-18(9-11-19)20-13-23-26(35-17(4)14-34-23)36(27(20)37)15-24-21(28(30,31)32)7-6-12-33-24/h5-7,12-14,18-19H,1-2,8-11,15H2,3-4H3/b25-22-. The van der Waals surface area contributed by atoms with Crippen molar-refractivity contribution >= 4 is 11.2 Å². The maximum Gasteiger partial charge on any atom is 0.418 e. The lowest BCUT2D eigenvalue weighted by molar-refractivity contribution is -0.138. The first-order valence-electron chi connectivity index (χ1n) is 12.1. The first kappa shape index (κ1) is 26.4. The summed E-state index contributed by atoms with van der Waals surface area (Å²) in [5, 5.41) is 0. The highest BCUT2D eigenvalue weighted by molar-refractivity contribution is 5.71. The van der Waals surface area contributed by atoms with Gasteiger partial charge in [-0.15, -0.1) is 0 Å². The molecule has 0 saturated heterocycles. The van der Waals surface area contributed by atoms with Gasteiger partial charge < -0.3 is 0 Å². The summed E-state index contributed by atoms with van der Waals surface area (Å²) in [6.07, 6.45) is 1.91. The Morgan fingerprint density at radius 3 is 2.54 bits per heavy atom. The fraction of sp³-hybridized carbons (Fsp3) is 0.357. The molecule has 0 unspecified atom stereocenters. The summed E-state index contributed by atoms with van der Waals surface area (Å²) in [5.41, 5.74) is 1.27. The van der Waals surface area contributed by atoms with Gasteiger partial charge in [0.1, 0.15) is 11.3 Å². The molecule has 0 N–H and O–H groups in total. The Kier molecular flexibility index (Phi) is 7.43. The third-order valence-corrected chi connectivity index (χ3v) is 6.92. The van der Waals surface area contributed by atoms with Crippen molar-refractivity contribution in [2.75, 3.05) is 0 Å². The van der Waals surface area contributed by atoms with E-state index >= 15 is 0 Å². The van der Waals surface area contributed by atoms with Gasteiger partial charge in [0.2, 0.25) is 0 Å². The van der Waals surface area contributed by atoms with Crippen LogP contribution in [0.15, 0.2) is 71.6 Å². The molecule has 1 fully saturated rings. The van der Waals surface area contributed by atoms with Crippen LogP contribution in [0.5, 0.6) is 0 Å². The molecule has 0 bridgehead atoms. The number of aryl methyl sites for hydroxylation is 1. The molecule has 1 aliphatic rings. The van der Waals surface area contributed by atoms with E-state index in [-0.39, 0.29) is 35.5 Å². The van der Waals surface area contributed by atoms with Crippen LogP contribution < -0.4 is 5.56 Å². The van der Waals surface area contributed by atoms with E-state index in [2.05, 4.69) is 28.1 Å². The number of hydrogen-bond donors (Lipinski definition) is 0. The monoisotopic (exact) mass is 512 g/mol. The molecule has 5 nitrogen and oxygen atoms in total. The minimum atomic E-state index is -4.62. The van der Waals surface area contributed by atoms with Gasteiger partial charge >= 0.3 is 6.18 Å². The number of aromatic nitrogens is 4. The van der Waals surface area contributed by atoms with Crippen LogP contribution in [0.25, 0.3) is 11.2 Å². The summed E-state index contributed by atoms with van der Waals surface area (Å²) in [7, 11) is 0. The molecule has 37 heavy (non-hydrogen) atoms. The lowest BCUT2D eigenvalue weighted by Gasteiger charge is -2.31. The number of hydrogen-bond acceptors (Lipinski definition) is 4. The normalized spacial score (nSPS) is 19.0. The molecule has 0 radical (unpaired) electrons. The quantitative estimate of drug-likeness (QED) is 0.269. The Hall–Kier alpha value is -3.62. The summed E-state index contributed by atoms with van der Waals surface area (Å²) in [6, 6.07) is 3.86. The topological polar surface area (TPSA) is 60.7 Å². The molecule has 3 aromatic rings. The Morgan fingerprint density at radius 2 is 1.92 bits per heavy atom. The molecule has 4 rings (SSSR count). The number of rotatable bonds is 6. The highest BCUT2D eigenvalue weighted by Gasteiger charge is 2.34. The SMILES string of the molecule is C=C/C(F)=C(\C(=C)C)C1CCC(c2cc3ncc(C)nc3n(Cc3ncccc3C(F)(F)F)c2=O)CC1. The zero-order valence-electron chi connectivity index (χ0n) is 20.8. The largest absolute Gasteiger partial charge is 0.418 e. The van der Waals surface area contributed by atoms with Crippen molar-refractivity contribution in [1.29, 1.82) is 0 Å². The van der Waals surface area contributed by atoms with Crippen LogP contribution >= 0.6 is 0 Å². The molecule has 194 valence electrons. The summed E-state index contributed by atoms with van der Waals surface area (Å²) in [4.78, 5) is 26.5. The van der Waals surface area contributed by atoms with E-state index in [9.17, 15) is 22.4 Å². The van der Waals surface area contributed by atoms with Crippen LogP contribution in [-0.4, -0.2) is 19.5 Å². The molecular formula is C28H28F4N4O. The molecule has 1 aliphatic carbocycles. The van der Waals surface area contributed by atoms with E-state index < -0.39 is 17.3 Å². The fourth-order valence-corrected chi connectivity index (χ4v) is 5.20. The third-order valence-electron chi connectivity index (χ3n) is 6.92. The maximum absolute atomic E-state index is 14.4. The molecule has 0 spiro atoms. The van der Waals surface area contributed by atoms with Crippen LogP contribution in [0.1, 0.15) is 61.0 Å². The van der Waals surface area contributed by atoms with E-state index in [1.165, 1.54) is 22.9 Å². The fourth-order valence-electron chi connectivity index (χ4n) is 5.20. The number of nitrogens with zero attached hydrogens (tertiary/aromatic N) is 4. The molecule has 0 aliphatic heterocycles. The van der Waals surface area contributed by atoms with Crippen molar-refractivity contribution in [2.45, 2.75) is 58.2 Å².